The molecular weight excluding hydrogens is 252 g/mol. The van der Waals surface area contributed by atoms with E-state index in [2.05, 4.69) is 0 Å². The number of aryl methyl sites for hydroxylation is 1. The maximum absolute atomic E-state index is 11.8. The Hall–Kier alpha value is -2.31. The monoisotopic (exact) mass is 266 g/mol. The first kappa shape index (κ1) is 13.1. The van der Waals surface area contributed by atoms with Gasteiger partial charge in [-0.15, -0.1) is 0 Å². The highest BCUT2D eigenvalue weighted by Crippen LogP contribution is 2.17. The molecule has 7 heteroatoms. The van der Waals surface area contributed by atoms with Crippen LogP contribution in [0.25, 0.3) is 0 Å². The molecular formula is C12H14N2O5. The molecule has 1 aromatic rings. The van der Waals surface area contributed by atoms with Crippen LogP contribution >= 0.6 is 0 Å². The fourth-order valence-corrected chi connectivity index (χ4v) is 1.93. The molecule has 1 fully saturated rings. The SMILES string of the molecule is Cc1cc(CN2CC(=O)N(C)CC2=O)oc1C(=O)O. The van der Waals surface area contributed by atoms with Crippen LogP contribution in [0.1, 0.15) is 21.9 Å². The van der Waals surface area contributed by atoms with Gasteiger partial charge >= 0.3 is 5.97 Å². The van der Waals surface area contributed by atoms with Gasteiger partial charge in [-0.25, -0.2) is 4.79 Å². The molecule has 1 N–H and O–H groups in total. The van der Waals surface area contributed by atoms with Crippen molar-refractivity contribution in [3.05, 3.63) is 23.2 Å². The first-order valence-electron chi connectivity index (χ1n) is 5.73. The van der Waals surface area contributed by atoms with E-state index in [4.69, 9.17) is 9.52 Å². The lowest BCUT2D eigenvalue weighted by atomic mass is 10.2. The van der Waals surface area contributed by atoms with Gasteiger partial charge in [-0.2, -0.15) is 0 Å². The first-order valence-corrected chi connectivity index (χ1v) is 5.73. The average Bonchev–Trinajstić information content (AvgIpc) is 2.67. The lowest BCUT2D eigenvalue weighted by Crippen LogP contribution is -2.51. The van der Waals surface area contributed by atoms with Gasteiger partial charge in [0.2, 0.25) is 17.6 Å². The Kier molecular flexibility index (Phi) is 3.28. The maximum Gasteiger partial charge on any atom is 0.372 e. The Morgan fingerprint density at radius 1 is 1.37 bits per heavy atom. The fraction of sp³-hybridized carbons (Fsp3) is 0.417. The van der Waals surface area contributed by atoms with Gasteiger partial charge in [0.25, 0.3) is 0 Å². The molecule has 7 nitrogen and oxygen atoms in total. The van der Waals surface area contributed by atoms with Crippen molar-refractivity contribution in [2.75, 3.05) is 20.1 Å². The summed E-state index contributed by atoms with van der Waals surface area (Å²) in [4.78, 5) is 36.8. The van der Waals surface area contributed by atoms with E-state index >= 15 is 0 Å². The number of carbonyl (C=O) groups excluding carboxylic acids is 2. The van der Waals surface area contributed by atoms with Gasteiger partial charge in [-0.05, 0) is 13.0 Å². The van der Waals surface area contributed by atoms with Crippen LogP contribution in [0.3, 0.4) is 0 Å². The highest BCUT2D eigenvalue weighted by Gasteiger charge is 2.28. The summed E-state index contributed by atoms with van der Waals surface area (Å²) in [6.45, 7) is 1.74. The van der Waals surface area contributed by atoms with E-state index in [1.54, 1.807) is 20.0 Å². The van der Waals surface area contributed by atoms with Gasteiger partial charge in [0.15, 0.2) is 0 Å². The normalized spacial score (nSPS) is 16.1. The van der Waals surface area contributed by atoms with E-state index in [-0.39, 0.29) is 37.2 Å². The molecule has 0 atom stereocenters. The quantitative estimate of drug-likeness (QED) is 0.837. The average molecular weight is 266 g/mol. The lowest BCUT2D eigenvalue weighted by Gasteiger charge is -2.30. The smallest absolute Gasteiger partial charge is 0.372 e. The van der Waals surface area contributed by atoms with Crippen molar-refractivity contribution in [2.45, 2.75) is 13.5 Å². The molecule has 102 valence electrons. The Morgan fingerprint density at radius 3 is 2.63 bits per heavy atom. The summed E-state index contributed by atoms with van der Waals surface area (Å²) in [7, 11) is 1.57. The van der Waals surface area contributed by atoms with Crippen LogP contribution in [0.4, 0.5) is 0 Å². The van der Waals surface area contributed by atoms with Crippen molar-refractivity contribution in [3.63, 3.8) is 0 Å². The van der Waals surface area contributed by atoms with Gasteiger partial charge in [-0.3, -0.25) is 9.59 Å². The van der Waals surface area contributed by atoms with Gasteiger partial charge in [0.05, 0.1) is 13.1 Å². The van der Waals surface area contributed by atoms with Crippen LogP contribution in [0.15, 0.2) is 10.5 Å². The third-order valence-corrected chi connectivity index (χ3v) is 2.99. The summed E-state index contributed by atoms with van der Waals surface area (Å²) in [5, 5.41) is 8.88. The summed E-state index contributed by atoms with van der Waals surface area (Å²) >= 11 is 0. The number of nitrogens with zero attached hydrogens (tertiary/aromatic N) is 2. The van der Waals surface area contributed by atoms with Crippen molar-refractivity contribution >= 4 is 17.8 Å². The van der Waals surface area contributed by atoms with Crippen molar-refractivity contribution in [2.24, 2.45) is 0 Å². The number of furan rings is 1. The van der Waals surface area contributed by atoms with Crippen LogP contribution in [-0.2, 0) is 16.1 Å². The second-order valence-corrected chi connectivity index (χ2v) is 4.53. The standard InChI is InChI=1S/C12H14N2O5/c1-7-3-8(19-11(7)12(17)18)4-14-6-9(15)13(2)5-10(14)16/h3H,4-6H2,1-2H3,(H,17,18). The molecule has 1 aromatic heterocycles. The van der Waals surface area contributed by atoms with Gasteiger partial charge in [-0.1, -0.05) is 0 Å². The van der Waals surface area contributed by atoms with Crippen molar-refractivity contribution < 1.29 is 23.9 Å². The number of carbonyl (C=O) groups is 3. The predicted molar refractivity (Wildman–Crippen MR) is 63.5 cm³/mol. The zero-order chi connectivity index (χ0) is 14.2. The Balaban J connectivity index is 2.13. The number of piperazine rings is 1. The van der Waals surface area contributed by atoms with E-state index in [1.807, 2.05) is 0 Å². The number of rotatable bonds is 3. The molecule has 1 aliphatic heterocycles. The van der Waals surface area contributed by atoms with Crippen LogP contribution in [0, 0.1) is 6.92 Å². The molecule has 0 saturated carbocycles. The second-order valence-electron chi connectivity index (χ2n) is 4.53. The van der Waals surface area contributed by atoms with E-state index in [9.17, 15) is 14.4 Å². The number of likely N-dealkylation sites (N-methyl/N-ethyl adjacent to an activating group) is 1. The van der Waals surface area contributed by atoms with Gasteiger partial charge < -0.3 is 19.3 Å². The molecule has 0 radical (unpaired) electrons. The number of hydrogen-bond acceptors (Lipinski definition) is 4. The van der Waals surface area contributed by atoms with Crippen molar-refractivity contribution in [1.29, 1.82) is 0 Å². The zero-order valence-corrected chi connectivity index (χ0v) is 10.7. The van der Waals surface area contributed by atoms with Crippen molar-refractivity contribution in [1.82, 2.24) is 9.80 Å². The number of aromatic carboxylic acids is 1. The summed E-state index contributed by atoms with van der Waals surface area (Å²) in [6.07, 6.45) is 0. The topological polar surface area (TPSA) is 91.1 Å². The van der Waals surface area contributed by atoms with Gasteiger partial charge in [0, 0.05) is 12.6 Å². The maximum atomic E-state index is 11.8. The third kappa shape index (κ3) is 2.59. The molecule has 1 aliphatic rings. The van der Waals surface area contributed by atoms with E-state index < -0.39 is 5.97 Å². The molecule has 0 aromatic carbocycles. The minimum Gasteiger partial charge on any atom is -0.475 e. The highest BCUT2D eigenvalue weighted by molar-refractivity contribution is 5.92. The molecule has 2 rings (SSSR count). The number of carboxylic acids is 1. The van der Waals surface area contributed by atoms with E-state index in [0.29, 0.717) is 11.3 Å². The molecule has 19 heavy (non-hydrogen) atoms. The first-order chi connectivity index (χ1) is 8.88. The number of amides is 2. The summed E-state index contributed by atoms with van der Waals surface area (Å²) in [5.41, 5.74) is 0.496. The molecule has 0 spiro atoms. The third-order valence-electron chi connectivity index (χ3n) is 2.99. The molecule has 2 heterocycles. The Labute approximate surface area is 109 Å². The van der Waals surface area contributed by atoms with E-state index in [1.165, 1.54) is 9.80 Å². The number of hydrogen-bond donors (Lipinski definition) is 1. The molecule has 0 unspecified atom stereocenters. The molecule has 1 saturated heterocycles. The Bertz CT molecular complexity index is 548. The minimum absolute atomic E-state index is 0.0164. The Morgan fingerprint density at radius 2 is 2.05 bits per heavy atom. The van der Waals surface area contributed by atoms with Gasteiger partial charge in [0.1, 0.15) is 12.3 Å². The van der Waals surface area contributed by atoms with Crippen LogP contribution in [0.5, 0.6) is 0 Å². The lowest BCUT2D eigenvalue weighted by molar-refractivity contribution is -0.149. The summed E-state index contributed by atoms with van der Waals surface area (Å²) in [6, 6.07) is 1.57. The molecule has 2 amide bonds. The van der Waals surface area contributed by atoms with Crippen LogP contribution in [0.2, 0.25) is 0 Å². The predicted octanol–water partition coefficient (Wildman–Crippen LogP) is 0.0868. The minimum atomic E-state index is -1.15. The van der Waals surface area contributed by atoms with E-state index in [0.717, 1.165) is 0 Å². The molecule has 0 aliphatic carbocycles. The second kappa shape index (κ2) is 4.75. The van der Waals surface area contributed by atoms with Crippen LogP contribution < -0.4 is 0 Å². The summed E-state index contributed by atoms with van der Waals surface area (Å²) < 4.78 is 5.17. The van der Waals surface area contributed by atoms with Crippen molar-refractivity contribution in [3.8, 4) is 0 Å². The number of carboxylic acid groups (broad SMARTS) is 1. The summed E-state index contributed by atoms with van der Waals surface area (Å²) in [5.74, 6) is -1.26. The van der Waals surface area contributed by atoms with Crippen LogP contribution in [-0.4, -0.2) is 52.8 Å². The zero-order valence-electron chi connectivity index (χ0n) is 10.7. The fourth-order valence-electron chi connectivity index (χ4n) is 1.93. The largest absolute Gasteiger partial charge is 0.475 e. The molecule has 0 bridgehead atoms. The highest BCUT2D eigenvalue weighted by atomic mass is 16.4.